The van der Waals surface area contributed by atoms with E-state index in [4.69, 9.17) is 0 Å². The molecule has 2 amide bonds. The van der Waals surface area contributed by atoms with Crippen molar-refractivity contribution in [2.24, 2.45) is 0 Å². The molecule has 0 saturated carbocycles. The Balaban J connectivity index is 1.72. The minimum absolute atomic E-state index is 0.260. The number of hydrogen-bond acceptors (Lipinski definition) is 4. The normalized spacial score (nSPS) is 22.5. The number of halogens is 1. The molecule has 0 radical (unpaired) electrons. The van der Waals surface area contributed by atoms with Crippen molar-refractivity contribution in [2.45, 2.75) is 25.3 Å². The summed E-state index contributed by atoms with van der Waals surface area (Å²) in [7, 11) is 2.04. The van der Waals surface area contributed by atoms with Gasteiger partial charge in [0.1, 0.15) is 11.9 Å². The van der Waals surface area contributed by atoms with Crippen LogP contribution in [0.3, 0.4) is 0 Å². The molecule has 2 aliphatic rings. The maximum Gasteiger partial charge on any atom is 0.249 e. The smallest absolute Gasteiger partial charge is 0.249 e. The monoisotopic (exact) mass is 317 g/mol. The van der Waals surface area contributed by atoms with E-state index in [9.17, 15) is 14.0 Å². The number of nitrogens with zero attached hydrogens (tertiary/aromatic N) is 1. The van der Waals surface area contributed by atoms with Gasteiger partial charge in [0.15, 0.2) is 0 Å². The first-order valence-electron chi connectivity index (χ1n) is 7.80. The van der Waals surface area contributed by atoms with Crippen LogP contribution >= 0.6 is 0 Å². The van der Waals surface area contributed by atoms with Crippen molar-refractivity contribution >= 4 is 23.1 Å². The summed E-state index contributed by atoms with van der Waals surface area (Å²) in [6.45, 7) is 1.74. The maximum absolute atomic E-state index is 14.4. The van der Waals surface area contributed by atoms with Crippen molar-refractivity contribution in [1.82, 2.24) is 10.2 Å². The van der Waals surface area contributed by atoms with Crippen LogP contribution in [0.15, 0.2) is 24.3 Å². The van der Waals surface area contributed by atoms with E-state index < -0.39 is 6.04 Å². The summed E-state index contributed by atoms with van der Waals surface area (Å²) >= 11 is 0. The second-order valence-electron chi connectivity index (χ2n) is 6.08. The minimum atomic E-state index is -0.500. The molecule has 1 unspecified atom stereocenters. The van der Waals surface area contributed by atoms with Crippen molar-refractivity contribution in [3.8, 4) is 0 Å². The van der Waals surface area contributed by atoms with Crippen LogP contribution in [0.4, 0.5) is 10.1 Å². The largest absolute Gasteiger partial charge is 0.374 e. The lowest BCUT2D eigenvalue weighted by molar-refractivity contribution is -0.133. The molecule has 1 aromatic carbocycles. The van der Waals surface area contributed by atoms with Gasteiger partial charge < -0.3 is 10.2 Å². The molecule has 122 valence electrons. The zero-order chi connectivity index (χ0) is 16.4. The summed E-state index contributed by atoms with van der Waals surface area (Å²) in [6, 6.07) is 4.45. The van der Waals surface area contributed by atoms with Gasteiger partial charge in [-0.25, -0.2) is 4.39 Å². The van der Waals surface area contributed by atoms with Crippen molar-refractivity contribution in [3.63, 3.8) is 0 Å². The van der Waals surface area contributed by atoms with Gasteiger partial charge in [-0.2, -0.15) is 0 Å². The van der Waals surface area contributed by atoms with Crippen LogP contribution in [0.2, 0.25) is 0 Å². The van der Waals surface area contributed by atoms with Crippen LogP contribution in [-0.4, -0.2) is 42.9 Å². The van der Waals surface area contributed by atoms with Crippen molar-refractivity contribution in [1.29, 1.82) is 0 Å². The third-order valence-corrected chi connectivity index (χ3v) is 4.31. The summed E-state index contributed by atoms with van der Waals surface area (Å²) in [4.78, 5) is 25.1. The van der Waals surface area contributed by atoms with Crippen LogP contribution in [-0.2, 0) is 9.59 Å². The Bertz CT molecular complexity index is 672. The molecule has 3 rings (SSSR count). The topological polar surface area (TPSA) is 61.4 Å². The van der Waals surface area contributed by atoms with Crippen LogP contribution in [0.1, 0.15) is 24.8 Å². The van der Waals surface area contributed by atoms with E-state index in [1.54, 1.807) is 12.1 Å². The second-order valence-corrected chi connectivity index (χ2v) is 6.08. The van der Waals surface area contributed by atoms with Gasteiger partial charge in [-0.15, -0.1) is 0 Å². The summed E-state index contributed by atoms with van der Waals surface area (Å²) < 4.78 is 14.4. The molecule has 2 heterocycles. The molecule has 5 nitrogen and oxygen atoms in total. The Hall–Kier alpha value is -2.21. The fraction of sp³-hybridized carbons (Fsp3) is 0.412. The lowest BCUT2D eigenvalue weighted by Gasteiger charge is -2.24. The van der Waals surface area contributed by atoms with Crippen LogP contribution in [0.25, 0.3) is 5.57 Å². The Labute approximate surface area is 134 Å². The fourth-order valence-electron chi connectivity index (χ4n) is 2.91. The van der Waals surface area contributed by atoms with Crippen molar-refractivity contribution in [2.75, 3.05) is 25.5 Å². The summed E-state index contributed by atoms with van der Waals surface area (Å²) in [5, 5.41) is 5.28. The SMILES string of the molecule is CN1CC=C(c2ccc(NC3CCC(=O)NC3=O)cc2F)CC1. The molecule has 0 aliphatic carbocycles. The molecule has 0 spiro atoms. The Morgan fingerprint density at radius 1 is 1.30 bits per heavy atom. The zero-order valence-electron chi connectivity index (χ0n) is 13.1. The van der Waals surface area contributed by atoms with Gasteiger partial charge >= 0.3 is 0 Å². The van der Waals surface area contributed by atoms with Gasteiger partial charge in [-0.3, -0.25) is 14.9 Å². The lowest BCUT2D eigenvalue weighted by Crippen LogP contribution is -2.47. The summed E-state index contributed by atoms with van der Waals surface area (Å²) in [5.41, 5.74) is 2.19. The first-order chi connectivity index (χ1) is 11.0. The third-order valence-electron chi connectivity index (χ3n) is 4.31. The van der Waals surface area contributed by atoms with Gasteiger partial charge in [-0.05, 0) is 43.7 Å². The van der Waals surface area contributed by atoms with E-state index in [1.807, 2.05) is 7.05 Å². The maximum atomic E-state index is 14.4. The van der Waals surface area contributed by atoms with Gasteiger partial charge in [0.05, 0.1) is 0 Å². The summed E-state index contributed by atoms with van der Waals surface area (Å²) in [6.07, 6.45) is 3.60. The number of hydrogen-bond donors (Lipinski definition) is 2. The quantitative estimate of drug-likeness (QED) is 0.834. The predicted octanol–water partition coefficient (Wildman–Crippen LogP) is 1.76. The number of anilines is 1. The van der Waals surface area contributed by atoms with Crippen LogP contribution in [0, 0.1) is 5.82 Å². The first-order valence-corrected chi connectivity index (χ1v) is 7.80. The average Bonchev–Trinajstić information content (AvgIpc) is 2.51. The molecule has 2 aliphatic heterocycles. The molecule has 1 saturated heterocycles. The van der Waals surface area contributed by atoms with Gasteiger partial charge in [0, 0.05) is 30.8 Å². The average molecular weight is 317 g/mol. The van der Waals surface area contributed by atoms with E-state index in [2.05, 4.69) is 21.6 Å². The molecular formula is C17H20FN3O2. The lowest BCUT2D eigenvalue weighted by atomic mass is 9.98. The highest BCUT2D eigenvalue weighted by Crippen LogP contribution is 2.27. The van der Waals surface area contributed by atoms with Crippen LogP contribution in [0.5, 0.6) is 0 Å². The number of carbonyl (C=O) groups is 2. The first kappa shape index (κ1) is 15.7. The highest BCUT2D eigenvalue weighted by molar-refractivity contribution is 6.01. The number of rotatable bonds is 3. The fourth-order valence-corrected chi connectivity index (χ4v) is 2.91. The number of benzene rings is 1. The number of imide groups is 1. The molecule has 0 bridgehead atoms. The van der Waals surface area contributed by atoms with Gasteiger partial charge in [0.2, 0.25) is 11.8 Å². The molecule has 1 aromatic rings. The van der Waals surface area contributed by atoms with Crippen molar-refractivity contribution in [3.05, 3.63) is 35.7 Å². The van der Waals surface area contributed by atoms with Crippen molar-refractivity contribution < 1.29 is 14.0 Å². The number of carbonyl (C=O) groups excluding carboxylic acids is 2. The van der Waals surface area contributed by atoms with Gasteiger partial charge in [-0.1, -0.05) is 6.08 Å². The van der Waals surface area contributed by atoms with E-state index in [0.717, 1.165) is 25.1 Å². The Morgan fingerprint density at radius 3 is 2.78 bits per heavy atom. The van der Waals surface area contributed by atoms with E-state index in [0.29, 0.717) is 24.1 Å². The number of amides is 2. The Morgan fingerprint density at radius 2 is 2.13 bits per heavy atom. The highest BCUT2D eigenvalue weighted by Gasteiger charge is 2.26. The van der Waals surface area contributed by atoms with Gasteiger partial charge in [0.25, 0.3) is 0 Å². The minimum Gasteiger partial charge on any atom is -0.374 e. The number of nitrogens with one attached hydrogen (secondary N) is 2. The molecule has 23 heavy (non-hydrogen) atoms. The zero-order valence-corrected chi connectivity index (χ0v) is 13.1. The number of likely N-dealkylation sites (N-methyl/N-ethyl adjacent to an activating group) is 1. The molecule has 1 fully saturated rings. The van der Waals surface area contributed by atoms with E-state index >= 15 is 0 Å². The predicted molar refractivity (Wildman–Crippen MR) is 86.3 cm³/mol. The Kier molecular flexibility index (Phi) is 4.43. The molecule has 1 atom stereocenters. The van der Waals surface area contributed by atoms with E-state index in [-0.39, 0.29) is 17.6 Å². The highest BCUT2D eigenvalue weighted by atomic mass is 19.1. The molecular weight excluding hydrogens is 297 g/mol. The molecule has 0 aromatic heterocycles. The van der Waals surface area contributed by atoms with E-state index in [1.165, 1.54) is 6.07 Å². The summed E-state index contributed by atoms with van der Waals surface area (Å²) in [5.74, 6) is -0.911. The third kappa shape index (κ3) is 3.59. The number of piperidine rings is 1. The second kappa shape index (κ2) is 6.50. The molecule has 6 heteroatoms. The standard InChI is InChI=1S/C17H20FN3O2/c1-21-8-6-11(7-9-21)13-3-2-12(10-14(13)18)19-15-4-5-16(22)20-17(15)23/h2-3,6,10,15,19H,4-5,7-9H2,1H3,(H,20,22,23). The van der Waals surface area contributed by atoms with Crippen LogP contribution < -0.4 is 10.6 Å². The molecule has 2 N–H and O–H groups in total.